The fraction of sp³-hybridized carbons (Fsp3) is 0.821. The molecule has 14 heteroatoms. The van der Waals surface area contributed by atoms with Crippen molar-refractivity contribution in [1.82, 2.24) is 19.6 Å². The molecule has 14 nitrogen and oxygen atoms in total. The number of nitrogens with zero attached hydrogens (tertiary/aromatic N) is 4. The normalized spacial score (nSPS) is 17.0. The maximum Gasteiger partial charge on any atom is 0.410 e. The maximum atomic E-state index is 13.2. The second-order valence-electron chi connectivity index (χ2n) is 13.3. The number of hydrogen-bond donors (Lipinski definition) is 2. The Morgan fingerprint density at radius 2 is 0.857 bits per heavy atom. The van der Waals surface area contributed by atoms with Crippen LogP contribution in [-0.4, -0.2) is 130 Å². The molecule has 0 bridgehead atoms. The molecule has 0 unspecified atom stereocenters. The molecule has 3 N–H and O–H groups in total. The average Bonchev–Trinajstić information content (AvgIpc) is 2.79. The summed E-state index contributed by atoms with van der Waals surface area (Å²) in [5.74, 6) is -1.58. The standard InChI is InChI=1S/C28H51N5O9/c1-26(2,3)40-23(37)31-14-12-30(21(34)11-10-20(29)22(35)36)13-15-32(24(38)41-27(4,5)6)17-19-33(18-16-31)25(39)42-28(7,8)9/h20H,10-19,29H2,1-9H3,(H,35,36)/t20-/m0/s1. The van der Waals surface area contributed by atoms with Crippen molar-refractivity contribution >= 4 is 30.2 Å². The van der Waals surface area contributed by atoms with Crippen LogP contribution in [-0.2, 0) is 23.8 Å². The van der Waals surface area contributed by atoms with Gasteiger partial charge in [0.25, 0.3) is 0 Å². The summed E-state index contributed by atoms with van der Waals surface area (Å²) in [6, 6.07) is -1.20. The number of rotatable bonds is 4. The SMILES string of the molecule is CC(C)(C)OC(=O)N1CCN(C(=O)CC[C@H](N)C(=O)O)CCN(C(=O)OC(C)(C)C)CCN(C(=O)OC(C)(C)C)CC1. The molecule has 1 heterocycles. The van der Waals surface area contributed by atoms with E-state index in [1.165, 1.54) is 19.6 Å². The predicted octanol–water partition coefficient (Wildman–Crippen LogP) is 2.73. The number of hydrogen-bond acceptors (Lipinski definition) is 9. The van der Waals surface area contributed by atoms with E-state index in [9.17, 15) is 24.0 Å². The zero-order valence-corrected chi connectivity index (χ0v) is 26.7. The molecule has 242 valence electrons. The van der Waals surface area contributed by atoms with Gasteiger partial charge in [-0.25, -0.2) is 14.4 Å². The van der Waals surface area contributed by atoms with Crippen LogP contribution in [0.25, 0.3) is 0 Å². The lowest BCUT2D eigenvalue weighted by atomic mass is 10.1. The summed E-state index contributed by atoms with van der Waals surface area (Å²) < 4.78 is 16.7. The first-order valence-electron chi connectivity index (χ1n) is 14.3. The lowest BCUT2D eigenvalue weighted by Gasteiger charge is -2.36. The Hall–Kier alpha value is -3.29. The third kappa shape index (κ3) is 14.6. The molecule has 0 aromatic carbocycles. The number of nitrogens with two attached hydrogens (primary N) is 1. The third-order valence-corrected chi connectivity index (χ3v) is 5.85. The minimum absolute atomic E-state index is 0.0684. The predicted molar refractivity (Wildman–Crippen MR) is 155 cm³/mol. The van der Waals surface area contributed by atoms with E-state index >= 15 is 0 Å². The number of carbonyl (C=O) groups excluding carboxylic acids is 4. The zero-order valence-electron chi connectivity index (χ0n) is 26.7. The molecular weight excluding hydrogens is 550 g/mol. The van der Waals surface area contributed by atoms with Crippen LogP contribution in [0.4, 0.5) is 14.4 Å². The quantitative estimate of drug-likeness (QED) is 0.456. The lowest BCUT2D eigenvalue weighted by molar-refractivity contribution is -0.139. The fourth-order valence-corrected chi connectivity index (χ4v) is 3.75. The summed E-state index contributed by atoms with van der Waals surface area (Å²) in [7, 11) is 0. The topological polar surface area (TPSA) is 172 Å². The van der Waals surface area contributed by atoms with E-state index < -0.39 is 47.1 Å². The first-order chi connectivity index (χ1) is 19.1. The van der Waals surface area contributed by atoms with E-state index in [-0.39, 0.29) is 71.1 Å². The highest BCUT2D eigenvalue weighted by Gasteiger charge is 2.30. The highest BCUT2D eigenvalue weighted by molar-refractivity contribution is 5.78. The van der Waals surface area contributed by atoms with Crippen molar-refractivity contribution in [3.05, 3.63) is 0 Å². The molecule has 0 aromatic rings. The third-order valence-electron chi connectivity index (χ3n) is 5.85. The fourth-order valence-electron chi connectivity index (χ4n) is 3.75. The van der Waals surface area contributed by atoms with Gasteiger partial charge in [0.15, 0.2) is 0 Å². The van der Waals surface area contributed by atoms with Crippen LogP contribution in [0, 0.1) is 0 Å². The van der Waals surface area contributed by atoms with Crippen LogP contribution >= 0.6 is 0 Å². The summed E-state index contributed by atoms with van der Waals surface area (Å²) in [5, 5.41) is 9.11. The highest BCUT2D eigenvalue weighted by Crippen LogP contribution is 2.15. The monoisotopic (exact) mass is 601 g/mol. The van der Waals surface area contributed by atoms with E-state index in [2.05, 4.69) is 0 Å². The van der Waals surface area contributed by atoms with Crippen LogP contribution in [0.3, 0.4) is 0 Å². The number of amides is 4. The van der Waals surface area contributed by atoms with Gasteiger partial charge in [0.05, 0.1) is 0 Å². The summed E-state index contributed by atoms with van der Waals surface area (Å²) in [5.41, 5.74) is 3.28. The van der Waals surface area contributed by atoms with Crippen molar-refractivity contribution in [1.29, 1.82) is 0 Å². The molecule has 1 fully saturated rings. The summed E-state index contributed by atoms with van der Waals surface area (Å²) in [6.07, 6.45) is -2.02. The second kappa shape index (κ2) is 15.3. The first kappa shape index (κ1) is 36.7. The Morgan fingerprint density at radius 1 is 0.595 bits per heavy atom. The number of carboxylic acid groups (broad SMARTS) is 1. The van der Waals surface area contributed by atoms with Gasteiger partial charge in [-0.3, -0.25) is 9.59 Å². The molecule has 0 aromatic heterocycles. The van der Waals surface area contributed by atoms with Gasteiger partial charge in [0.1, 0.15) is 22.8 Å². The van der Waals surface area contributed by atoms with Gasteiger partial charge in [-0.1, -0.05) is 0 Å². The van der Waals surface area contributed by atoms with Crippen LogP contribution in [0.5, 0.6) is 0 Å². The Balaban J connectivity index is 3.34. The Bertz CT molecular complexity index is 909. The van der Waals surface area contributed by atoms with E-state index in [0.717, 1.165) is 0 Å². The molecule has 0 radical (unpaired) electrons. The van der Waals surface area contributed by atoms with Gasteiger partial charge in [0.2, 0.25) is 5.91 Å². The molecule has 0 aliphatic carbocycles. The summed E-state index contributed by atoms with van der Waals surface area (Å²) in [4.78, 5) is 69.3. The van der Waals surface area contributed by atoms with Crippen LogP contribution in [0.1, 0.15) is 75.2 Å². The van der Waals surface area contributed by atoms with Crippen molar-refractivity contribution in [2.24, 2.45) is 5.73 Å². The van der Waals surface area contributed by atoms with Crippen molar-refractivity contribution in [2.45, 2.75) is 98.0 Å². The summed E-state index contributed by atoms with van der Waals surface area (Å²) in [6.45, 7) is 16.3. The minimum atomic E-state index is -1.21. The Morgan fingerprint density at radius 3 is 1.10 bits per heavy atom. The molecule has 0 saturated carbocycles. The Kier molecular flexibility index (Phi) is 13.3. The van der Waals surface area contributed by atoms with Crippen molar-refractivity contribution < 1.29 is 43.3 Å². The van der Waals surface area contributed by atoms with E-state index in [1.807, 2.05) is 0 Å². The van der Waals surface area contributed by atoms with Gasteiger partial charge in [-0.15, -0.1) is 0 Å². The largest absolute Gasteiger partial charge is 0.480 e. The molecule has 0 spiro atoms. The smallest absolute Gasteiger partial charge is 0.410 e. The van der Waals surface area contributed by atoms with Crippen molar-refractivity contribution in [2.75, 3.05) is 52.4 Å². The lowest BCUT2D eigenvalue weighted by Crippen LogP contribution is -2.52. The van der Waals surface area contributed by atoms with Crippen LogP contribution < -0.4 is 5.73 Å². The average molecular weight is 602 g/mol. The van der Waals surface area contributed by atoms with Crippen LogP contribution in [0.15, 0.2) is 0 Å². The summed E-state index contributed by atoms with van der Waals surface area (Å²) >= 11 is 0. The minimum Gasteiger partial charge on any atom is -0.480 e. The van der Waals surface area contributed by atoms with E-state index in [1.54, 1.807) is 62.3 Å². The van der Waals surface area contributed by atoms with Gasteiger partial charge >= 0.3 is 24.2 Å². The number of aliphatic carboxylic acids is 1. The highest BCUT2D eigenvalue weighted by atomic mass is 16.6. The van der Waals surface area contributed by atoms with Crippen LogP contribution in [0.2, 0.25) is 0 Å². The number of carboxylic acids is 1. The van der Waals surface area contributed by atoms with Gasteiger partial charge in [-0.2, -0.15) is 0 Å². The van der Waals surface area contributed by atoms with Gasteiger partial charge in [0, 0.05) is 58.8 Å². The van der Waals surface area contributed by atoms with Gasteiger partial charge in [-0.05, 0) is 68.7 Å². The maximum absolute atomic E-state index is 13.2. The number of carbonyl (C=O) groups is 5. The van der Waals surface area contributed by atoms with Gasteiger partial charge < -0.3 is 44.7 Å². The van der Waals surface area contributed by atoms with Crippen molar-refractivity contribution in [3.8, 4) is 0 Å². The molecular formula is C28H51N5O9. The second-order valence-corrected chi connectivity index (χ2v) is 13.3. The Labute approximate surface area is 249 Å². The molecule has 42 heavy (non-hydrogen) atoms. The van der Waals surface area contributed by atoms with Crippen molar-refractivity contribution in [3.63, 3.8) is 0 Å². The molecule has 1 aliphatic heterocycles. The zero-order chi connectivity index (χ0) is 32.5. The number of ether oxygens (including phenoxy) is 3. The van der Waals surface area contributed by atoms with E-state index in [0.29, 0.717) is 0 Å². The van der Waals surface area contributed by atoms with E-state index in [4.69, 9.17) is 25.1 Å². The molecule has 1 atom stereocenters. The molecule has 1 aliphatic rings. The molecule has 4 amide bonds. The molecule has 1 saturated heterocycles. The molecule has 1 rings (SSSR count). The first-order valence-corrected chi connectivity index (χ1v) is 14.3.